The molecule has 0 saturated heterocycles. The number of aromatic nitrogens is 2. The van der Waals surface area contributed by atoms with Crippen LogP contribution in [0.15, 0.2) is 140 Å². The lowest BCUT2D eigenvalue weighted by molar-refractivity contribution is 0.103. The molecule has 180 valence electrons. The number of carbonyl (C=O) groups excluding carboxylic acids is 1. The molecule has 0 unspecified atom stereocenters. The first-order chi connectivity index (χ1) is 18.8. The minimum absolute atomic E-state index is 0.00282. The maximum atomic E-state index is 14.1. The largest absolute Gasteiger partial charge is 0.289 e. The first-order valence-corrected chi connectivity index (χ1v) is 12.8. The summed E-state index contributed by atoms with van der Waals surface area (Å²) in [6.45, 7) is 0. The number of fused-ring (bicyclic) bond motifs is 3. The van der Waals surface area contributed by atoms with E-state index in [4.69, 9.17) is 5.10 Å². The van der Waals surface area contributed by atoms with Crippen LogP contribution in [-0.2, 0) is 5.41 Å². The van der Waals surface area contributed by atoms with Crippen LogP contribution >= 0.6 is 0 Å². The Bertz CT molecular complexity index is 1740. The number of aromatic amines is 1. The highest BCUT2D eigenvalue weighted by Crippen LogP contribution is 2.55. The molecule has 1 aromatic heterocycles. The molecule has 0 radical (unpaired) electrons. The van der Waals surface area contributed by atoms with Gasteiger partial charge in [-0.2, -0.15) is 5.10 Å². The number of rotatable bonds is 5. The second-order valence-corrected chi connectivity index (χ2v) is 9.62. The van der Waals surface area contributed by atoms with E-state index in [9.17, 15) is 4.79 Å². The molecule has 1 heterocycles. The molecule has 7 rings (SSSR count). The number of hydrogen-bond acceptors (Lipinski definition) is 2. The topological polar surface area (TPSA) is 45.8 Å². The molecule has 5 aromatic carbocycles. The van der Waals surface area contributed by atoms with Crippen molar-refractivity contribution in [2.75, 3.05) is 0 Å². The lowest BCUT2D eigenvalue weighted by Crippen LogP contribution is -2.29. The molecule has 0 fully saturated rings. The van der Waals surface area contributed by atoms with E-state index >= 15 is 0 Å². The van der Waals surface area contributed by atoms with Crippen molar-refractivity contribution < 1.29 is 4.79 Å². The van der Waals surface area contributed by atoms with Crippen molar-refractivity contribution in [1.29, 1.82) is 0 Å². The van der Waals surface area contributed by atoms with E-state index in [1.54, 1.807) is 0 Å². The molecule has 1 N–H and O–H groups in total. The standard InChI is InChI=1S/C35H24N2O/c38-34(30-18-5-4-15-27(30)24-11-2-1-3-12-24)25-13-10-14-26(23-25)35(33-21-22-36-37-33)31-19-8-6-16-28(31)29-17-7-9-20-32(29)35/h1-23H,(H,36,37). The minimum Gasteiger partial charge on any atom is -0.289 e. The SMILES string of the molecule is O=C(c1cccc(C2(c3cc[nH]n3)c3ccccc3-c3ccccc32)c1)c1ccccc1-c1ccccc1. The van der Waals surface area contributed by atoms with Crippen molar-refractivity contribution in [3.05, 3.63) is 173 Å². The minimum atomic E-state index is -0.636. The van der Waals surface area contributed by atoms with Crippen LogP contribution in [0.2, 0.25) is 0 Å². The monoisotopic (exact) mass is 488 g/mol. The number of hydrogen-bond donors (Lipinski definition) is 1. The lowest BCUT2D eigenvalue weighted by atomic mass is 9.69. The molecule has 0 bridgehead atoms. The molecular weight excluding hydrogens is 464 g/mol. The molecule has 1 aliphatic rings. The quantitative estimate of drug-likeness (QED) is 0.253. The van der Waals surface area contributed by atoms with Gasteiger partial charge in [-0.3, -0.25) is 9.89 Å². The van der Waals surface area contributed by atoms with Crippen molar-refractivity contribution in [2.45, 2.75) is 5.41 Å². The Hall–Kier alpha value is -5.02. The highest BCUT2D eigenvalue weighted by molar-refractivity contribution is 6.13. The second kappa shape index (κ2) is 8.82. The first kappa shape index (κ1) is 22.2. The molecule has 0 spiro atoms. The molecule has 6 aromatic rings. The predicted molar refractivity (Wildman–Crippen MR) is 151 cm³/mol. The summed E-state index contributed by atoms with van der Waals surface area (Å²) in [6.07, 6.45) is 1.87. The van der Waals surface area contributed by atoms with Gasteiger partial charge in [-0.1, -0.05) is 121 Å². The van der Waals surface area contributed by atoms with Crippen LogP contribution in [0.4, 0.5) is 0 Å². The Balaban J connectivity index is 1.44. The van der Waals surface area contributed by atoms with Crippen molar-refractivity contribution in [2.24, 2.45) is 0 Å². The van der Waals surface area contributed by atoms with Gasteiger partial charge in [0.25, 0.3) is 0 Å². The highest BCUT2D eigenvalue weighted by atomic mass is 16.1. The van der Waals surface area contributed by atoms with Crippen LogP contribution in [-0.4, -0.2) is 16.0 Å². The van der Waals surface area contributed by atoms with Gasteiger partial charge >= 0.3 is 0 Å². The smallest absolute Gasteiger partial charge is 0.193 e. The van der Waals surface area contributed by atoms with Crippen LogP contribution in [0.5, 0.6) is 0 Å². The predicted octanol–water partition coefficient (Wildman–Crippen LogP) is 7.67. The molecular formula is C35H24N2O. The molecule has 0 atom stereocenters. The van der Waals surface area contributed by atoms with E-state index in [0.717, 1.165) is 22.4 Å². The lowest BCUT2D eigenvalue weighted by Gasteiger charge is -2.31. The van der Waals surface area contributed by atoms with E-state index in [1.807, 2.05) is 79.0 Å². The van der Waals surface area contributed by atoms with Gasteiger partial charge in [0.2, 0.25) is 0 Å². The molecule has 0 amide bonds. The van der Waals surface area contributed by atoms with Crippen molar-refractivity contribution in [3.63, 3.8) is 0 Å². The average Bonchev–Trinajstić information content (AvgIpc) is 3.63. The summed E-state index contributed by atoms with van der Waals surface area (Å²) in [5.41, 5.74) is 9.32. The van der Waals surface area contributed by atoms with Crippen molar-refractivity contribution in [1.82, 2.24) is 10.2 Å². The Morgan fingerprint density at radius 3 is 1.92 bits per heavy atom. The van der Waals surface area contributed by atoms with Crippen LogP contribution in [0.3, 0.4) is 0 Å². The van der Waals surface area contributed by atoms with Crippen molar-refractivity contribution in [3.8, 4) is 22.3 Å². The molecule has 1 aliphatic carbocycles. The van der Waals surface area contributed by atoms with Crippen LogP contribution in [0.1, 0.15) is 38.3 Å². The van der Waals surface area contributed by atoms with Gasteiger partial charge < -0.3 is 0 Å². The summed E-state index contributed by atoms with van der Waals surface area (Å²) in [4.78, 5) is 14.1. The number of H-pyrrole nitrogens is 1. The number of nitrogens with one attached hydrogen (secondary N) is 1. The fraction of sp³-hybridized carbons (Fsp3) is 0.0286. The zero-order chi connectivity index (χ0) is 25.5. The first-order valence-electron chi connectivity index (χ1n) is 12.8. The van der Waals surface area contributed by atoms with Gasteiger partial charge in [-0.15, -0.1) is 0 Å². The van der Waals surface area contributed by atoms with Gasteiger partial charge in [0.1, 0.15) is 0 Å². The fourth-order valence-electron chi connectivity index (χ4n) is 6.04. The summed E-state index contributed by atoms with van der Waals surface area (Å²) >= 11 is 0. The third kappa shape index (κ3) is 3.22. The van der Waals surface area contributed by atoms with Gasteiger partial charge in [0, 0.05) is 17.3 Å². The molecule has 38 heavy (non-hydrogen) atoms. The summed E-state index contributed by atoms with van der Waals surface area (Å²) in [6, 6.07) is 45.1. The van der Waals surface area contributed by atoms with Crippen molar-refractivity contribution >= 4 is 5.78 Å². The fourth-order valence-corrected chi connectivity index (χ4v) is 6.04. The van der Waals surface area contributed by atoms with E-state index in [2.05, 4.69) is 65.8 Å². The van der Waals surface area contributed by atoms with Gasteiger partial charge in [0.05, 0.1) is 11.1 Å². The van der Waals surface area contributed by atoms with E-state index in [0.29, 0.717) is 11.1 Å². The average molecular weight is 489 g/mol. The summed E-state index contributed by atoms with van der Waals surface area (Å²) in [5.74, 6) is 0.00282. The summed E-state index contributed by atoms with van der Waals surface area (Å²) in [5, 5.41) is 7.76. The van der Waals surface area contributed by atoms with E-state index < -0.39 is 5.41 Å². The second-order valence-electron chi connectivity index (χ2n) is 9.62. The van der Waals surface area contributed by atoms with Crippen LogP contribution in [0, 0.1) is 0 Å². The number of ketones is 1. The Labute approximate surface area is 221 Å². The molecule has 3 heteroatoms. The zero-order valence-corrected chi connectivity index (χ0v) is 20.6. The Morgan fingerprint density at radius 2 is 1.24 bits per heavy atom. The third-order valence-corrected chi connectivity index (χ3v) is 7.65. The zero-order valence-electron chi connectivity index (χ0n) is 20.6. The number of benzene rings is 5. The third-order valence-electron chi connectivity index (χ3n) is 7.65. The normalized spacial score (nSPS) is 13.1. The maximum Gasteiger partial charge on any atom is 0.193 e. The molecule has 3 nitrogen and oxygen atoms in total. The Kier molecular flexibility index (Phi) is 5.15. The van der Waals surface area contributed by atoms with Gasteiger partial charge in [-0.25, -0.2) is 0 Å². The maximum absolute atomic E-state index is 14.1. The summed E-state index contributed by atoms with van der Waals surface area (Å²) < 4.78 is 0. The van der Waals surface area contributed by atoms with E-state index in [-0.39, 0.29) is 5.78 Å². The van der Waals surface area contributed by atoms with E-state index in [1.165, 1.54) is 22.3 Å². The van der Waals surface area contributed by atoms with Gasteiger partial charge in [0.15, 0.2) is 5.78 Å². The van der Waals surface area contributed by atoms with Crippen LogP contribution in [0.25, 0.3) is 22.3 Å². The Morgan fingerprint density at radius 1 is 0.605 bits per heavy atom. The molecule has 0 saturated carbocycles. The van der Waals surface area contributed by atoms with Crippen LogP contribution < -0.4 is 0 Å². The number of carbonyl (C=O) groups is 1. The molecule has 0 aliphatic heterocycles. The summed E-state index contributed by atoms with van der Waals surface area (Å²) in [7, 11) is 0. The number of nitrogens with zero attached hydrogens (tertiary/aromatic N) is 1. The van der Waals surface area contributed by atoms with Gasteiger partial charge in [-0.05, 0) is 51.1 Å². The highest BCUT2D eigenvalue weighted by Gasteiger charge is 2.47.